The monoisotopic (exact) mass is 854 g/mol. The molecule has 3 heterocycles. The number of nitrogens with zero attached hydrogens (tertiary/aromatic N) is 4. The smallest absolute Gasteiger partial charge is 0.162 e. The molecular formula is C63H42N4. The Morgan fingerprint density at radius 1 is 0.269 bits per heavy atom. The van der Waals surface area contributed by atoms with E-state index in [0.717, 1.165) is 111 Å². The van der Waals surface area contributed by atoms with Gasteiger partial charge in [0.05, 0.1) is 28.0 Å². The molecule has 12 rings (SSSR count). The Hall–Kier alpha value is -8.99. The minimum Gasteiger partial charge on any atom is -0.294 e. The van der Waals surface area contributed by atoms with Gasteiger partial charge in [0.2, 0.25) is 0 Å². The molecule has 4 heteroatoms. The van der Waals surface area contributed by atoms with Crippen molar-refractivity contribution in [2.75, 3.05) is 0 Å². The Kier molecular flexibility index (Phi) is 10.2. The zero-order valence-electron chi connectivity index (χ0n) is 36.5. The topological polar surface area (TPSA) is 43.6 Å². The lowest BCUT2D eigenvalue weighted by atomic mass is 9.94. The zero-order chi connectivity index (χ0) is 44.5. The number of fused-ring (bicyclic) bond motifs is 3. The average molecular weight is 855 g/mol. The number of benzene rings is 9. The molecule has 0 bridgehead atoms. The predicted octanol–water partition coefficient (Wildman–Crippen LogP) is 16.3. The summed E-state index contributed by atoms with van der Waals surface area (Å²) < 4.78 is 2.27. The van der Waals surface area contributed by atoms with E-state index >= 15 is 0 Å². The highest BCUT2D eigenvalue weighted by Crippen LogP contribution is 2.40. The van der Waals surface area contributed by atoms with Gasteiger partial charge in [-0.15, -0.1) is 0 Å². The predicted molar refractivity (Wildman–Crippen MR) is 278 cm³/mol. The maximum Gasteiger partial charge on any atom is 0.162 e. The van der Waals surface area contributed by atoms with Crippen LogP contribution in [-0.4, -0.2) is 19.5 Å². The lowest BCUT2D eigenvalue weighted by molar-refractivity contribution is 1.11. The number of hydrogen-bond acceptors (Lipinski definition) is 3. The summed E-state index contributed by atoms with van der Waals surface area (Å²) in [6.07, 6.45) is 0. The molecule has 0 saturated heterocycles. The number of rotatable bonds is 9. The molecule has 0 saturated carbocycles. The van der Waals surface area contributed by atoms with Gasteiger partial charge >= 0.3 is 0 Å². The van der Waals surface area contributed by atoms with Crippen LogP contribution in [0.15, 0.2) is 255 Å². The fourth-order valence-corrected chi connectivity index (χ4v) is 9.31. The highest BCUT2D eigenvalue weighted by Gasteiger charge is 2.21. The molecule has 0 atom stereocenters. The molecule has 9 aromatic carbocycles. The molecule has 12 aromatic rings. The summed E-state index contributed by atoms with van der Waals surface area (Å²) in [5, 5.41) is 2.14. The Labute approximate surface area is 389 Å². The van der Waals surface area contributed by atoms with E-state index < -0.39 is 0 Å². The molecule has 4 nitrogen and oxygen atoms in total. The highest BCUT2D eigenvalue weighted by atomic mass is 15.1. The molecule has 0 N–H and O–H groups in total. The molecule has 0 unspecified atom stereocenters. The minimum atomic E-state index is 0.690. The van der Waals surface area contributed by atoms with Crippen molar-refractivity contribution in [3.8, 4) is 95.4 Å². The van der Waals surface area contributed by atoms with Gasteiger partial charge in [-0.2, -0.15) is 0 Å². The van der Waals surface area contributed by atoms with E-state index in [1.807, 2.05) is 24.3 Å². The van der Waals surface area contributed by atoms with Gasteiger partial charge in [0.1, 0.15) is 5.65 Å². The number of aromatic nitrogens is 4. The van der Waals surface area contributed by atoms with Crippen LogP contribution in [-0.2, 0) is 0 Å². The van der Waals surface area contributed by atoms with Gasteiger partial charge in [-0.25, -0.2) is 15.0 Å². The van der Waals surface area contributed by atoms with Crippen LogP contribution in [0.1, 0.15) is 0 Å². The molecule has 0 amide bonds. The minimum absolute atomic E-state index is 0.690. The van der Waals surface area contributed by atoms with Crippen molar-refractivity contribution in [2.24, 2.45) is 0 Å². The fraction of sp³-hybridized carbons (Fsp3) is 0. The van der Waals surface area contributed by atoms with Gasteiger partial charge < -0.3 is 0 Å². The molecule has 0 fully saturated rings. The Bertz CT molecular complexity index is 3670. The average Bonchev–Trinajstić information content (AvgIpc) is 3.76. The molecule has 0 aliphatic heterocycles. The van der Waals surface area contributed by atoms with E-state index in [9.17, 15) is 0 Å². The summed E-state index contributed by atoms with van der Waals surface area (Å²) in [6.45, 7) is 0. The standard InChI is InChI=1S/C63H42N4/c1-5-19-43(20-6-1)54-41-57(44-21-7-2-8-22-44)64-58(42-54)52-31-17-29-50(39-52)48-27-15-25-46(37-48)47-26-16-28-49(38-47)51-30-18-32-53(40-51)61-60-56-35-13-14-36-59(56)67(55-33-11-4-12-34-55)63(60)66-62(65-61)45-23-9-3-10-24-45/h1-42H. The van der Waals surface area contributed by atoms with Crippen LogP contribution in [0.4, 0.5) is 0 Å². The number of para-hydroxylation sites is 2. The molecular weight excluding hydrogens is 813 g/mol. The van der Waals surface area contributed by atoms with Gasteiger partial charge in [-0.05, 0) is 99.1 Å². The third-order valence-electron chi connectivity index (χ3n) is 12.6. The Morgan fingerprint density at radius 3 is 1.27 bits per heavy atom. The van der Waals surface area contributed by atoms with Crippen molar-refractivity contribution in [1.82, 2.24) is 19.5 Å². The first-order chi connectivity index (χ1) is 33.2. The molecule has 0 aliphatic carbocycles. The van der Waals surface area contributed by atoms with E-state index in [1.165, 1.54) is 0 Å². The number of hydrogen-bond donors (Lipinski definition) is 0. The van der Waals surface area contributed by atoms with Gasteiger partial charge in [-0.1, -0.05) is 200 Å². The normalized spacial score (nSPS) is 11.3. The van der Waals surface area contributed by atoms with Crippen molar-refractivity contribution < 1.29 is 0 Å². The van der Waals surface area contributed by atoms with E-state index in [0.29, 0.717) is 5.82 Å². The maximum atomic E-state index is 5.37. The van der Waals surface area contributed by atoms with Crippen LogP contribution in [0.3, 0.4) is 0 Å². The number of pyridine rings is 1. The Morgan fingerprint density at radius 2 is 0.687 bits per heavy atom. The summed E-state index contributed by atoms with van der Waals surface area (Å²) in [5.74, 6) is 0.690. The van der Waals surface area contributed by atoms with Gasteiger partial charge in [0, 0.05) is 33.3 Å². The van der Waals surface area contributed by atoms with Gasteiger partial charge in [-0.3, -0.25) is 4.57 Å². The van der Waals surface area contributed by atoms with Crippen LogP contribution < -0.4 is 0 Å². The third kappa shape index (κ3) is 7.67. The van der Waals surface area contributed by atoms with Crippen molar-refractivity contribution in [3.05, 3.63) is 255 Å². The second-order valence-corrected chi connectivity index (χ2v) is 16.8. The SMILES string of the molecule is c1ccc(-c2cc(-c3ccccc3)nc(-c3cccc(-c4cccc(-c5cccc(-c6cccc(-c7nc(-c8ccccc8)nc8c7c7ccccc7n8-c7ccccc7)c6)c5)c4)c3)c2)cc1. The highest BCUT2D eigenvalue weighted by molar-refractivity contribution is 6.14. The fourth-order valence-electron chi connectivity index (χ4n) is 9.31. The largest absolute Gasteiger partial charge is 0.294 e. The quantitative estimate of drug-likeness (QED) is 0.145. The van der Waals surface area contributed by atoms with Crippen LogP contribution in [0.2, 0.25) is 0 Å². The lowest BCUT2D eigenvalue weighted by Crippen LogP contribution is -1.99. The summed E-state index contributed by atoms with van der Waals surface area (Å²) in [7, 11) is 0. The maximum absolute atomic E-state index is 5.37. The van der Waals surface area contributed by atoms with Crippen LogP contribution in [0.25, 0.3) is 117 Å². The van der Waals surface area contributed by atoms with Gasteiger partial charge in [0.15, 0.2) is 5.82 Å². The van der Waals surface area contributed by atoms with E-state index in [2.05, 4.69) is 235 Å². The first-order valence-corrected chi connectivity index (χ1v) is 22.7. The second kappa shape index (κ2) is 17.2. The summed E-state index contributed by atoms with van der Waals surface area (Å²) in [6, 6.07) is 89.9. The van der Waals surface area contributed by atoms with Crippen molar-refractivity contribution >= 4 is 21.9 Å². The summed E-state index contributed by atoms with van der Waals surface area (Å²) >= 11 is 0. The molecule has 0 radical (unpaired) electrons. The summed E-state index contributed by atoms with van der Waals surface area (Å²) in [4.78, 5) is 15.9. The molecule has 314 valence electrons. The van der Waals surface area contributed by atoms with Crippen LogP contribution in [0.5, 0.6) is 0 Å². The first-order valence-electron chi connectivity index (χ1n) is 22.7. The van der Waals surface area contributed by atoms with Gasteiger partial charge in [0.25, 0.3) is 0 Å². The van der Waals surface area contributed by atoms with E-state index in [-0.39, 0.29) is 0 Å². The third-order valence-corrected chi connectivity index (χ3v) is 12.6. The van der Waals surface area contributed by atoms with E-state index in [1.54, 1.807) is 0 Å². The summed E-state index contributed by atoms with van der Waals surface area (Å²) in [5.41, 5.74) is 19.1. The zero-order valence-corrected chi connectivity index (χ0v) is 36.5. The molecule has 0 spiro atoms. The molecule has 67 heavy (non-hydrogen) atoms. The first kappa shape index (κ1) is 39.6. The van der Waals surface area contributed by atoms with Crippen LogP contribution in [0, 0.1) is 0 Å². The molecule has 0 aliphatic rings. The van der Waals surface area contributed by atoms with Crippen molar-refractivity contribution in [3.63, 3.8) is 0 Å². The van der Waals surface area contributed by atoms with E-state index in [4.69, 9.17) is 15.0 Å². The molecule has 3 aromatic heterocycles. The van der Waals surface area contributed by atoms with Crippen LogP contribution >= 0.6 is 0 Å². The van der Waals surface area contributed by atoms with Crippen molar-refractivity contribution in [2.45, 2.75) is 0 Å². The lowest BCUT2D eigenvalue weighted by Gasteiger charge is -2.13. The second-order valence-electron chi connectivity index (χ2n) is 16.8. The van der Waals surface area contributed by atoms with Crippen molar-refractivity contribution in [1.29, 1.82) is 0 Å². The Balaban J connectivity index is 0.918.